The zero-order chi connectivity index (χ0) is 15.9. The van der Waals surface area contributed by atoms with Crippen molar-refractivity contribution in [3.05, 3.63) is 29.6 Å². The third kappa shape index (κ3) is 4.06. The van der Waals surface area contributed by atoms with Crippen molar-refractivity contribution in [1.82, 2.24) is 15.2 Å². The Balaban J connectivity index is 2.06. The minimum Gasteiger partial charge on any atom is -0.349 e. The summed E-state index contributed by atoms with van der Waals surface area (Å²) in [6.07, 6.45) is 8.72. The van der Waals surface area contributed by atoms with Crippen molar-refractivity contribution < 1.29 is 9.59 Å². The quantitative estimate of drug-likeness (QED) is 0.909. The molecule has 0 spiro atoms. The molecule has 1 aromatic rings. The van der Waals surface area contributed by atoms with Crippen LogP contribution in [0.15, 0.2) is 18.5 Å². The number of nitrogens with one attached hydrogen (secondary N) is 1. The van der Waals surface area contributed by atoms with Gasteiger partial charge in [0.25, 0.3) is 11.8 Å². The predicted molar refractivity (Wildman–Crippen MR) is 85.8 cm³/mol. The fourth-order valence-electron chi connectivity index (χ4n) is 2.89. The van der Waals surface area contributed by atoms with Crippen molar-refractivity contribution in [3.8, 4) is 0 Å². The number of hydrogen-bond donors (Lipinski definition) is 1. The molecule has 1 fully saturated rings. The van der Waals surface area contributed by atoms with Crippen molar-refractivity contribution in [2.45, 2.75) is 52.0 Å². The average Bonchev–Trinajstić information content (AvgIpc) is 2.57. The molecule has 2 rings (SSSR count). The fourth-order valence-corrected chi connectivity index (χ4v) is 2.89. The van der Waals surface area contributed by atoms with E-state index in [1.165, 1.54) is 31.7 Å². The maximum Gasteiger partial charge on any atom is 0.255 e. The molecule has 2 amide bonds. The smallest absolute Gasteiger partial charge is 0.255 e. The summed E-state index contributed by atoms with van der Waals surface area (Å²) in [5.74, 6) is -0.210. The van der Waals surface area contributed by atoms with Gasteiger partial charge in [-0.2, -0.15) is 0 Å². The molecule has 0 atom stereocenters. The molecule has 0 bridgehead atoms. The monoisotopic (exact) mass is 303 g/mol. The van der Waals surface area contributed by atoms with E-state index < -0.39 is 0 Å². The van der Waals surface area contributed by atoms with E-state index in [0.29, 0.717) is 24.2 Å². The highest BCUT2D eigenvalue weighted by molar-refractivity contribution is 5.99. The summed E-state index contributed by atoms with van der Waals surface area (Å²) in [4.78, 5) is 30.4. The number of rotatable bonds is 5. The zero-order valence-electron chi connectivity index (χ0n) is 13.5. The molecular weight excluding hydrogens is 278 g/mol. The third-order valence-electron chi connectivity index (χ3n) is 4.24. The second kappa shape index (κ2) is 7.92. The molecule has 0 saturated heterocycles. The van der Waals surface area contributed by atoms with Crippen molar-refractivity contribution in [2.24, 2.45) is 0 Å². The number of amides is 2. The zero-order valence-corrected chi connectivity index (χ0v) is 13.5. The molecule has 1 heterocycles. The molecule has 1 N–H and O–H groups in total. The molecule has 22 heavy (non-hydrogen) atoms. The van der Waals surface area contributed by atoms with E-state index in [1.807, 2.05) is 13.8 Å². The summed E-state index contributed by atoms with van der Waals surface area (Å²) in [5.41, 5.74) is 0.934. The highest BCUT2D eigenvalue weighted by Crippen LogP contribution is 2.18. The van der Waals surface area contributed by atoms with E-state index in [-0.39, 0.29) is 17.9 Å². The van der Waals surface area contributed by atoms with Gasteiger partial charge in [0.2, 0.25) is 0 Å². The molecule has 0 aromatic carbocycles. The summed E-state index contributed by atoms with van der Waals surface area (Å²) in [7, 11) is 0. The normalized spacial score (nSPS) is 15.4. The van der Waals surface area contributed by atoms with Gasteiger partial charge in [0.15, 0.2) is 0 Å². The van der Waals surface area contributed by atoms with E-state index >= 15 is 0 Å². The highest BCUT2D eigenvalue weighted by Gasteiger charge is 2.19. The van der Waals surface area contributed by atoms with Crippen LogP contribution < -0.4 is 5.32 Å². The Bertz CT molecular complexity index is 520. The standard InChI is InChI=1S/C17H25N3O2/c1-3-20(4-2)17(22)14-10-13(11-18-12-14)16(21)19-15-8-6-5-7-9-15/h10-12,15H,3-9H2,1-2H3,(H,19,21). The van der Waals surface area contributed by atoms with E-state index in [0.717, 1.165) is 12.8 Å². The fraction of sp³-hybridized carbons (Fsp3) is 0.588. The number of pyridine rings is 1. The molecule has 1 aliphatic carbocycles. The average molecular weight is 303 g/mol. The van der Waals surface area contributed by atoms with E-state index in [1.54, 1.807) is 11.0 Å². The van der Waals surface area contributed by atoms with Crippen LogP contribution in [0.25, 0.3) is 0 Å². The van der Waals surface area contributed by atoms with Crippen molar-refractivity contribution in [1.29, 1.82) is 0 Å². The molecule has 0 aliphatic heterocycles. The maximum atomic E-state index is 12.3. The number of aromatic nitrogens is 1. The van der Waals surface area contributed by atoms with Gasteiger partial charge >= 0.3 is 0 Å². The maximum absolute atomic E-state index is 12.3. The molecule has 0 unspecified atom stereocenters. The lowest BCUT2D eigenvalue weighted by molar-refractivity contribution is 0.0772. The Hall–Kier alpha value is -1.91. The topological polar surface area (TPSA) is 62.3 Å². The van der Waals surface area contributed by atoms with Crippen LogP contribution in [0, 0.1) is 0 Å². The first kappa shape index (κ1) is 16.5. The van der Waals surface area contributed by atoms with Crippen molar-refractivity contribution in [3.63, 3.8) is 0 Å². The van der Waals surface area contributed by atoms with Crippen molar-refractivity contribution >= 4 is 11.8 Å². The van der Waals surface area contributed by atoms with E-state index in [9.17, 15) is 9.59 Å². The lowest BCUT2D eigenvalue weighted by Crippen LogP contribution is -2.36. The van der Waals surface area contributed by atoms with Gasteiger partial charge in [-0.05, 0) is 32.8 Å². The summed E-state index contributed by atoms with van der Waals surface area (Å²) in [5, 5.41) is 3.05. The van der Waals surface area contributed by atoms with Gasteiger partial charge in [0.05, 0.1) is 11.1 Å². The van der Waals surface area contributed by atoms with Crippen LogP contribution in [0.2, 0.25) is 0 Å². The molecule has 5 heteroatoms. The minimum absolute atomic E-state index is 0.0789. The van der Waals surface area contributed by atoms with Crippen LogP contribution in [0.1, 0.15) is 66.7 Å². The second-order valence-corrected chi connectivity index (χ2v) is 5.75. The van der Waals surface area contributed by atoms with Crippen LogP contribution in [-0.2, 0) is 0 Å². The molecule has 120 valence electrons. The first-order valence-electron chi connectivity index (χ1n) is 8.20. The largest absolute Gasteiger partial charge is 0.349 e. The van der Waals surface area contributed by atoms with Gasteiger partial charge in [-0.1, -0.05) is 19.3 Å². The van der Waals surface area contributed by atoms with Crippen LogP contribution in [0.3, 0.4) is 0 Å². The molecule has 1 aromatic heterocycles. The van der Waals surface area contributed by atoms with Gasteiger partial charge in [-0.3, -0.25) is 14.6 Å². The summed E-state index contributed by atoms with van der Waals surface area (Å²) < 4.78 is 0. The first-order valence-corrected chi connectivity index (χ1v) is 8.20. The van der Waals surface area contributed by atoms with E-state index in [2.05, 4.69) is 10.3 Å². The Morgan fingerprint density at radius 1 is 1.14 bits per heavy atom. The first-order chi connectivity index (χ1) is 10.7. The van der Waals surface area contributed by atoms with Gasteiger partial charge in [-0.25, -0.2) is 0 Å². The van der Waals surface area contributed by atoms with E-state index in [4.69, 9.17) is 0 Å². The van der Waals surface area contributed by atoms with Crippen LogP contribution in [-0.4, -0.2) is 40.8 Å². The molecule has 1 saturated carbocycles. The third-order valence-corrected chi connectivity index (χ3v) is 4.24. The van der Waals surface area contributed by atoms with Crippen molar-refractivity contribution in [2.75, 3.05) is 13.1 Å². The van der Waals surface area contributed by atoms with Gasteiger partial charge in [-0.15, -0.1) is 0 Å². The van der Waals surface area contributed by atoms with Crippen LogP contribution in [0.5, 0.6) is 0 Å². The minimum atomic E-state index is -0.131. The number of nitrogens with zero attached hydrogens (tertiary/aromatic N) is 2. The van der Waals surface area contributed by atoms with Crippen LogP contribution >= 0.6 is 0 Å². The number of carbonyl (C=O) groups is 2. The lowest BCUT2D eigenvalue weighted by atomic mass is 9.95. The molecule has 5 nitrogen and oxygen atoms in total. The Morgan fingerprint density at radius 2 is 1.77 bits per heavy atom. The predicted octanol–water partition coefficient (Wildman–Crippen LogP) is 2.63. The number of hydrogen-bond acceptors (Lipinski definition) is 3. The molecule has 1 aliphatic rings. The summed E-state index contributed by atoms with van der Waals surface area (Å²) in [6.45, 7) is 5.17. The Morgan fingerprint density at radius 3 is 2.41 bits per heavy atom. The second-order valence-electron chi connectivity index (χ2n) is 5.75. The molecular formula is C17H25N3O2. The SMILES string of the molecule is CCN(CC)C(=O)c1cncc(C(=O)NC2CCCCC2)c1. The lowest BCUT2D eigenvalue weighted by Gasteiger charge is -2.23. The highest BCUT2D eigenvalue weighted by atomic mass is 16.2. The molecule has 0 radical (unpaired) electrons. The van der Waals surface area contributed by atoms with Gasteiger partial charge in [0.1, 0.15) is 0 Å². The summed E-state index contributed by atoms with van der Waals surface area (Å²) >= 11 is 0. The van der Waals surface area contributed by atoms with Gasteiger partial charge < -0.3 is 10.2 Å². The van der Waals surface area contributed by atoms with Crippen LogP contribution in [0.4, 0.5) is 0 Å². The summed E-state index contributed by atoms with van der Waals surface area (Å²) in [6, 6.07) is 1.90. The van der Waals surface area contributed by atoms with Gasteiger partial charge in [0, 0.05) is 31.5 Å². The Kier molecular flexibility index (Phi) is 5.92. The number of carbonyl (C=O) groups excluding carboxylic acids is 2. The Labute approximate surface area is 132 Å².